The number of halogens is 1. The lowest BCUT2D eigenvalue weighted by atomic mass is 10.1. The van der Waals surface area contributed by atoms with Gasteiger partial charge in [-0.1, -0.05) is 35.0 Å². The van der Waals surface area contributed by atoms with Crippen molar-refractivity contribution in [2.45, 2.75) is 20.3 Å². The van der Waals surface area contributed by atoms with Crippen molar-refractivity contribution >= 4 is 33.1 Å². The second kappa shape index (κ2) is 6.23. The molecule has 0 spiro atoms. The molecule has 2 aromatic carbocycles. The first-order valence-corrected chi connectivity index (χ1v) is 7.45. The number of aryl methyl sites for hydroxylation is 1. The fourth-order valence-electron chi connectivity index (χ4n) is 2.18. The lowest BCUT2D eigenvalue weighted by Gasteiger charge is -2.22. The van der Waals surface area contributed by atoms with Crippen LogP contribution in [0.1, 0.15) is 29.8 Å². The van der Waals surface area contributed by atoms with E-state index < -0.39 is 0 Å². The molecule has 3 heteroatoms. The van der Waals surface area contributed by atoms with E-state index in [-0.39, 0.29) is 5.78 Å². The van der Waals surface area contributed by atoms with Crippen LogP contribution in [0.3, 0.4) is 0 Å². The maximum absolute atomic E-state index is 11.8. The van der Waals surface area contributed by atoms with Crippen LogP contribution >= 0.6 is 15.9 Å². The molecule has 0 aliphatic rings. The Labute approximate surface area is 128 Å². The van der Waals surface area contributed by atoms with Crippen LogP contribution in [-0.2, 0) is 6.42 Å². The summed E-state index contributed by atoms with van der Waals surface area (Å²) in [5.41, 5.74) is 4.03. The van der Waals surface area contributed by atoms with Gasteiger partial charge in [0.1, 0.15) is 0 Å². The molecule has 0 unspecified atom stereocenters. The summed E-state index contributed by atoms with van der Waals surface area (Å²) < 4.78 is 0.918. The number of Topliss-reactive ketones (excluding diaryl/α,β-unsaturated/α-hetero) is 1. The molecule has 0 saturated carbocycles. The number of ketones is 1. The number of rotatable bonds is 4. The molecular formula is C17H18BrNO. The lowest BCUT2D eigenvalue weighted by molar-refractivity contribution is 0.101. The topological polar surface area (TPSA) is 20.3 Å². The average molecular weight is 332 g/mol. The summed E-state index contributed by atoms with van der Waals surface area (Å²) in [5, 5.41) is 0. The summed E-state index contributed by atoms with van der Waals surface area (Å²) in [5.74, 6) is 0.0679. The van der Waals surface area contributed by atoms with Crippen LogP contribution in [-0.4, -0.2) is 12.8 Å². The van der Waals surface area contributed by atoms with E-state index in [9.17, 15) is 4.79 Å². The molecule has 2 aromatic rings. The molecule has 0 radical (unpaired) electrons. The first-order valence-electron chi connectivity index (χ1n) is 6.66. The summed E-state index contributed by atoms with van der Waals surface area (Å²) in [6.07, 6.45) is 1.03. The summed E-state index contributed by atoms with van der Waals surface area (Å²) in [6, 6.07) is 14.2. The quantitative estimate of drug-likeness (QED) is 0.736. The van der Waals surface area contributed by atoms with Crippen LogP contribution in [0.15, 0.2) is 46.9 Å². The Balaban J connectivity index is 2.41. The Kier molecular flexibility index (Phi) is 4.61. The highest BCUT2D eigenvalue weighted by molar-refractivity contribution is 9.10. The van der Waals surface area contributed by atoms with Gasteiger partial charge in [0, 0.05) is 22.8 Å². The zero-order chi connectivity index (χ0) is 14.7. The smallest absolute Gasteiger partial charge is 0.161 e. The van der Waals surface area contributed by atoms with Crippen LogP contribution in [0.2, 0.25) is 0 Å². The average Bonchev–Trinajstić information content (AvgIpc) is 2.46. The molecule has 0 N–H and O–H groups in total. The minimum Gasteiger partial charge on any atom is -0.344 e. The third-order valence-electron chi connectivity index (χ3n) is 3.43. The second-order valence-electron chi connectivity index (χ2n) is 4.80. The largest absolute Gasteiger partial charge is 0.344 e. The van der Waals surface area contributed by atoms with Crippen LogP contribution in [0, 0.1) is 0 Å². The van der Waals surface area contributed by atoms with Crippen molar-refractivity contribution in [3.05, 3.63) is 58.1 Å². The van der Waals surface area contributed by atoms with Gasteiger partial charge in [0.05, 0.1) is 5.69 Å². The Hall–Kier alpha value is -1.61. The summed E-state index contributed by atoms with van der Waals surface area (Å²) in [4.78, 5) is 13.9. The predicted molar refractivity (Wildman–Crippen MR) is 88.0 cm³/mol. The highest BCUT2D eigenvalue weighted by Gasteiger charge is 2.13. The van der Waals surface area contributed by atoms with Gasteiger partial charge in [-0.15, -0.1) is 0 Å². The Bertz CT molecular complexity index is 619. The van der Waals surface area contributed by atoms with Gasteiger partial charge in [-0.3, -0.25) is 4.79 Å². The highest BCUT2D eigenvalue weighted by atomic mass is 79.9. The zero-order valence-electron chi connectivity index (χ0n) is 12.0. The first kappa shape index (κ1) is 14.8. The Morgan fingerprint density at radius 1 is 1.15 bits per heavy atom. The minimum absolute atomic E-state index is 0.0679. The van der Waals surface area contributed by atoms with E-state index in [1.165, 1.54) is 5.56 Å². The Morgan fingerprint density at radius 2 is 1.80 bits per heavy atom. The van der Waals surface area contributed by atoms with Crippen molar-refractivity contribution in [2.24, 2.45) is 0 Å². The summed E-state index contributed by atoms with van der Waals surface area (Å²) >= 11 is 3.42. The van der Waals surface area contributed by atoms with E-state index in [2.05, 4.69) is 47.1 Å². The van der Waals surface area contributed by atoms with Crippen molar-refractivity contribution in [1.82, 2.24) is 0 Å². The summed E-state index contributed by atoms with van der Waals surface area (Å²) in [6.45, 7) is 3.74. The number of anilines is 2. The molecule has 0 aromatic heterocycles. The van der Waals surface area contributed by atoms with Gasteiger partial charge >= 0.3 is 0 Å². The third kappa shape index (κ3) is 3.10. The van der Waals surface area contributed by atoms with Crippen molar-refractivity contribution < 1.29 is 4.79 Å². The van der Waals surface area contributed by atoms with E-state index in [4.69, 9.17) is 0 Å². The van der Waals surface area contributed by atoms with E-state index in [1.807, 2.05) is 30.1 Å². The second-order valence-corrected chi connectivity index (χ2v) is 5.71. The monoisotopic (exact) mass is 331 g/mol. The van der Waals surface area contributed by atoms with Crippen LogP contribution in [0.5, 0.6) is 0 Å². The first-order chi connectivity index (χ1) is 9.52. The van der Waals surface area contributed by atoms with E-state index in [1.54, 1.807) is 6.92 Å². The lowest BCUT2D eigenvalue weighted by Crippen LogP contribution is -2.13. The SMILES string of the molecule is CCc1ccc(N(C)c2ccc(Br)cc2C(C)=O)cc1. The molecule has 0 amide bonds. The number of carbonyl (C=O) groups is 1. The minimum atomic E-state index is 0.0679. The molecule has 0 heterocycles. The molecule has 20 heavy (non-hydrogen) atoms. The van der Waals surface area contributed by atoms with Gasteiger partial charge in [0.25, 0.3) is 0 Å². The van der Waals surface area contributed by atoms with Crippen LogP contribution < -0.4 is 4.90 Å². The van der Waals surface area contributed by atoms with Crippen molar-refractivity contribution in [3.63, 3.8) is 0 Å². The fraction of sp³-hybridized carbons (Fsp3) is 0.235. The van der Waals surface area contributed by atoms with Crippen molar-refractivity contribution in [3.8, 4) is 0 Å². The van der Waals surface area contributed by atoms with Gasteiger partial charge in [-0.2, -0.15) is 0 Å². The number of hydrogen-bond donors (Lipinski definition) is 0. The predicted octanol–water partition coefficient (Wildman–Crippen LogP) is 4.98. The van der Waals surface area contributed by atoms with Crippen LogP contribution in [0.4, 0.5) is 11.4 Å². The summed E-state index contributed by atoms with van der Waals surface area (Å²) in [7, 11) is 1.98. The third-order valence-corrected chi connectivity index (χ3v) is 3.92. The molecule has 0 bridgehead atoms. The highest BCUT2D eigenvalue weighted by Crippen LogP contribution is 2.29. The molecule has 2 rings (SSSR count). The molecule has 0 aliphatic heterocycles. The maximum atomic E-state index is 11.8. The van der Waals surface area contributed by atoms with Crippen molar-refractivity contribution in [2.75, 3.05) is 11.9 Å². The molecule has 2 nitrogen and oxygen atoms in total. The van der Waals surface area contributed by atoms with E-state index >= 15 is 0 Å². The number of nitrogens with zero attached hydrogens (tertiary/aromatic N) is 1. The number of benzene rings is 2. The van der Waals surface area contributed by atoms with E-state index in [0.29, 0.717) is 0 Å². The molecular weight excluding hydrogens is 314 g/mol. The van der Waals surface area contributed by atoms with Gasteiger partial charge in [-0.25, -0.2) is 0 Å². The van der Waals surface area contributed by atoms with Crippen molar-refractivity contribution in [1.29, 1.82) is 0 Å². The molecule has 0 atom stereocenters. The normalized spacial score (nSPS) is 10.4. The van der Waals surface area contributed by atoms with Gasteiger partial charge in [-0.05, 0) is 49.2 Å². The van der Waals surface area contributed by atoms with Gasteiger partial charge < -0.3 is 4.90 Å². The van der Waals surface area contributed by atoms with Gasteiger partial charge in [0.2, 0.25) is 0 Å². The van der Waals surface area contributed by atoms with Crippen LogP contribution in [0.25, 0.3) is 0 Å². The molecule has 0 saturated heterocycles. The molecule has 0 aliphatic carbocycles. The molecule has 0 fully saturated rings. The number of hydrogen-bond acceptors (Lipinski definition) is 2. The Morgan fingerprint density at radius 3 is 2.35 bits per heavy atom. The molecule has 104 valence electrons. The van der Waals surface area contributed by atoms with E-state index in [0.717, 1.165) is 27.8 Å². The number of carbonyl (C=O) groups excluding carboxylic acids is 1. The maximum Gasteiger partial charge on any atom is 0.161 e. The van der Waals surface area contributed by atoms with Gasteiger partial charge in [0.15, 0.2) is 5.78 Å². The zero-order valence-corrected chi connectivity index (χ0v) is 13.6. The fourth-order valence-corrected chi connectivity index (χ4v) is 2.54. The standard InChI is InChI=1S/C17H18BrNO/c1-4-13-5-8-15(9-6-13)19(3)17-10-7-14(18)11-16(17)12(2)20/h5-11H,4H2,1-3H3.